The predicted molar refractivity (Wildman–Crippen MR) is 87.2 cm³/mol. The fraction of sp³-hybridized carbons (Fsp3) is 0.647. The van der Waals surface area contributed by atoms with Crippen LogP contribution in [0, 0.1) is 5.92 Å². The number of ether oxygens (including phenoxy) is 2. The van der Waals surface area contributed by atoms with Gasteiger partial charge in [-0.2, -0.15) is 0 Å². The molecule has 0 aliphatic heterocycles. The molecule has 1 unspecified atom stereocenters. The van der Waals surface area contributed by atoms with Gasteiger partial charge in [-0.25, -0.2) is 4.98 Å². The molecule has 0 saturated heterocycles. The van der Waals surface area contributed by atoms with E-state index in [1.807, 2.05) is 20.8 Å². The third-order valence-corrected chi connectivity index (χ3v) is 3.17. The summed E-state index contributed by atoms with van der Waals surface area (Å²) in [4.78, 5) is 16.1. The topological polar surface area (TPSA) is 60.5 Å². The fourth-order valence-corrected chi connectivity index (χ4v) is 1.61. The van der Waals surface area contributed by atoms with Gasteiger partial charge in [0.05, 0.1) is 17.8 Å². The summed E-state index contributed by atoms with van der Waals surface area (Å²) in [6.07, 6.45) is 2.58. The molecule has 1 rings (SSSR count). The van der Waals surface area contributed by atoms with Gasteiger partial charge in [0.2, 0.25) is 5.88 Å². The van der Waals surface area contributed by atoms with Crippen LogP contribution < -0.4 is 10.1 Å². The van der Waals surface area contributed by atoms with Crippen molar-refractivity contribution in [3.8, 4) is 5.88 Å². The minimum atomic E-state index is -0.172. The summed E-state index contributed by atoms with van der Waals surface area (Å²) in [7, 11) is 0. The molecule has 0 aliphatic rings. The monoisotopic (exact) mass is 308 g/mol. The van der Waals surface area contributed by atoms with Crippen molar-refractivity contribution >= 4 is 5.91 Å². The average molecular weight is 308 g/mol. The third-order valence-electron chi connectivity index (χ3n) is 3.17. The Morgan fingerprint density at radius 1 is 1.32 bits per heavy atom. The molecule has 1 atom stereocenters. The molecule has 1 heterocycles. The highest BCUT2D eigenvalue weighted by atomic mass is 16.5. The summed E-state index contributed by atoms with van der Waals surface area (Å²) in [6.45, 7) is 11.8. The van der Waals surface area contributed by atoms with Crippen molar-refractivity contribution in [2.45, 2.75) is 46.6 Å². The lowest BCUT2D eigenvalue weighted by Crippen LogP contribution is -2.28. The van der Waals surface area contributed by atoms with Crippen molar-refractivity contribution in [2.75, 3.05) is 19.8 Å². The normalized spacial score (nSPS) is 12.8. The van der Waals surface area contributed by atoms with Gasteiger partial charge in [-0.1, -0.05) is 20.3 Å². The molecule has 1 aromatic heterocycles. The van der Waals surface area contributed by atoms with Crippen LogP contribution in [0.25, 0.3) is 0 Å². The molecule has 1 N–H and O–H groups in total. The summed E-state index contributed by atoms with van der Waals surface area (Å²) in [5.74, 6) is 0.869. The number of hydrogen-bond donors (Lipinski definition) is 1. The van der Waals surface area contributed by atoms with E-state index in [0.29, 0.717) is 37.1 Å². The summed E-state index contributed by atoms with van der Waals surface area (Å²) >= 11 is 0. The van der Waals surface area contributed by atoms with Gasteiger partial charge in [-0.3, -0.25) is 4.79 Å². The summed E-state index contributed by atoms with van der Waals surface area (Å²) < 4.78 is 11.0. The van der Waals surface area contributed by atoms with Crippen LogP contribution in [0.5, 0.6) is 5.88 Å². The molecule has 22 heavy (non-hydrogen) atoms. The number of amides is 1. The molecule has 0 aliphatic carbocycles. The zero-order valence-electron chi connectivity index (χ0n) is 14.3. The number of rotatable bonds is 8. The van der Waals surface area contributed by atoms with E-state index in [1.165, 1.54) is 6.20 Å². The summed E-state index contributed by atoms with van der Waals surface area (Å²) in [6, 6.07) is 3.42. The Hall–Kier alpha value is -1.62. The van der Waals surface area contributed by atoms with Crippen molar-refractivity contribution in [3.05, 3.63) is 23.9 Å². The largest absolute Gasteiger partial charge is 0.475 e. The maximum absolute atomic E-state index is 11.9. The van der Waals surface area contributed by atoms with Crippen molar-refractivity contribution in [3.63, 3.8) is 0 Å². The van der Waals surface area contributed by atoms with Gasteiger partial charge >= 0.3 is 0 Å². The number of carbonyl (C=O) groups is 1. The number of nitrogens with one attached hydrogen (secondary N) is 1. The summed E-state index contributed by atoms with van der Waals surface area (Å²) in [5.41, 5.74) is 0.371. The number of aromatic nitrogens is 1. The second-order valence-corrected chi connectivity index (χ2v) is 6.42. The Morgan fingerprint density at radius 3 is 2.59 bits per heavy atom. The van der Waals surface area contributed by atoms with E-state index in [1.54, 1.807) is 12.1 Å². The molecule has 5 nitrogen and oxygen atoms in total. The SMILES string of the molecule is CCC(C)CNC(=O)c1ccc(OCCOC(C)(C)C)nc1. The molecule has 0 fully saturated rings. The second kappa shape index (κ2) is 8.73. The molecule has 0 spiro atoms. The molecule has 0 saturated carbocycles. The molecule has 0 radical (unpaired) electrons. The van der Waals surface area contributed by atoms with E-state index in [-0.39, 0.29) is 11.5 Å². The van der Waals surface area contributed by atoms with Crippen LogP contribution in [0.4, 0.5) is 0 Å². The smallest absolute Gasteiger partial charge is 0.252 e. The lowest BCUT2D eigenvalue weighted by atomic mass is 10.1. The van der Waals surface area contributed by atoms with Gasteiger partial charge in [0.15, 0.2) is 0 Å². The van der Waals surface area contributed by atoms with Crippen molar-refractivity contribution < 1.29 is 14.3 Å². The average Bonchev–Trinajstić information content (AvgIpc) is 2.48. The quantitative estimate of drug-likeness (QED) is 0.750. The predicted octanol–water partition coefficient (Wildman–Crippen LogP) is 3.05. The van der Waals surface area contributed by atoms with E-state index in [9.17, 15) is 4.79 Å². The van der Waals surface area contributed by atoms with Crippen LogP contribution in [-0.4, -0.2) is 36.3 Å². The Labute approximate surface area is 133 Å². The molecular weight excluding hydrogens is 280 g/mol. The van der Waals surface area contributed by atoms with Crippen LogP contribution in [0.2, 0.25) is 0 Å². The first kappa shape index (κ1) is 18.4. The lowest BCUT2D eigenvalue weighted by molar-refractivity contribution is -0.0168. The Balaban J connectivity index is 2.37. The van der Waals surface area contributed by atoms with Crippen molar-refractivity contribution in [1.82, 2.24) is 10.3 Å². The molecule has 0 bridgehead atoms. The molecule has 1 amide bonds. The lowest BCUT2D eigenvalue weighted by Gasteiger charge is -2.19. The molecule has 1 aromatic rings. The van der Waals surface area contributed by atoms with E-state index in [0.717, 1.165) is 6.42 Å². The Bertz CT molecular complexity index is 452. The standard InChI is InChI=1S/C17H28N2O3/c1-6-13(2)11-19-16(20)14-7-8-15(18-12-14)21-9-10-22-17(3,4)5/h7-8,12-13H,6,9-11H2,1-5H3,(H,19,20). The van der Waals surface area contributed by atoms with Crippen LogP contribution in [0.3, 0.4) is 0 Å². The van der Waals surface area contributed by atoms with Gasteiger partial charge < -0.3 is 14.8 Å². The van der Waals surface area contributed by atoms with Crippen LogP contribution in [-0.2, 0) is 4.74 Å². The van der Waals surface area contributed by atoms with E-state index >= 15 is 0 Å². The highest BCUT2D eigenvalue weighted by molar-refractivity contribution is 5.93. The van der Waals surface area contributed by atoms with Crippen molar-refractivity contribution in [2.24, 2.45) is 5.92 Å². The van der Waals surface area contributed by atoms with Crippen LogP contribution >= 0.6 is 0 Å². The molecule has 0 aromatic carbocycles. The van der Waals surface area contributed by atoms with E-state index in [4.69, 9.17) is 9.47 Å². The minimum Gasteiger partial charge on any atom is -0.475 e. The van der Waals surface area contributed by atoms with Gasteiger partial charge in [0.25, 0.3) is 5.91 Å². The Morgan fingerprint density at radius 2 is 2.05 bits per heavy atom. The van der Waals surface area contributed by atoms with Gasteiger partial charge in [0.1, 0.15) is 6.61 Å². The van der Waals surface area contributed by atoms with Gasteiger partial charge in [-0.15, -0.1) is 0 Å². The first-order valence-electron chi connectivity index (χ1n) is 7.83. The number of nitrogens with zero attached hydrogens (tertiary/aromatic N) is 1. The number of carbonyl (C=O) groups excluding carboxylic acids is 1. The summed E-state index contributed by atoms with van der Waals surface area (Å²) in [5, 5.41) is 2.90. The molecule has 5 heteroatoms. The zero-order chi connectivity index (χ0) is 16.6. The van der Waals surface area contributed by atoms with Crippen LogP contribution in [0.1, 0.15) is 51.4 Å². The second-order valence-electron chi connectivity index (χ2n) is 6.42. The highest BCUT2D eigenvalue weighted by Crippen LogP contribution is 2.09. The van der Waals surface area contributed by atoms with Gasteiger partial charge in [0, 0.05) is 18.8 Å². The first-order valence-corrected chi connectivity index (χ1v) is 7.83. The van der Waals surface area contributed by atoms with E-state index < -0.39 is 0 Å². The third kappa shape index (κ3) is 7.41. The first-order chi connectivity index (χ1) is 10.3. The van der Waals surface area contributed by atoms with Gasteiger partial charge in [-0.05, 0) is 32.8 Å². The fourth-order valence-electron chi connectivity index (χ4n) is 1.61. The highest BCUT2D eigenvalue weighted by Gasteiger charge is 2.10. The number of pyridine rings is 1. The number of hydrogen-bond acceptors (Lipinski definition) is 4. The maximum Gasteiger partial charge on any atom is 0.252 e. The van der Waals surface area contributed by atoms with Crippen LogP contribution in [0.15, 0.2) is 18.3 Å². The molecule has 124 valence electrons. The van der Waals surface area contributed by atoms with E-state index in [2.05, 4.69) is 24.1 Å². The zero-order valence-corrected chi connectivity index (χ0v) is 14.3. The molecular formula is C17H28N2O3. The maximum atomic E-state index is 11.9. The van der Waals surface area contributed by atoms with Crippen molar-refractivity contribution in [1.29, 1.82) is 0 Å². The minimum absolute atomic E-state index is 0.101. The Kier molecular flexibility index (Phi) is 7.32.